The molecule has 1 rings (SSSR count). The summed E-state index contributed by atoms with van der Waals surface area (Å²) in [6, 6.07) is 0. The Hall–Kier alpha value is 0. The Morgan fingerprint density at radius 2 is 1.73 bits per heavy atom. The predicted octanol–water partition coefficient (Wildman–Crippen LogP) is 3.71. The summed E-state index contributed by atoms with van der Waals surface area (Å²) in [7, 11) is 0. The van der Waals surface area contributed by atoms with E-state index in [2.05, 4.69) is 27.7 Å². The van der Waals surface area contributed by atoms with Crippen molar-refractivity contribution >= 4 is 0 Å². The van der Waals surface area contributed by atoms with Crippen LogP contribution < -0.4 is 0 Å². The van der Waals surface area contributed by atoms with Gasteiger partial charge in [-0.05, 0) is 30.1 Å². The Bertz CT molecular complexity index is 115. The van der Waals surface area contributed by atoms with Crippen molar-refractivity contribution in [3.8, 4) is 0 Å². The van der Waals surface area contributed by atoms with Gasteiger partial charge in [-0.2, -0.15) is 0 Å². The first kappa shape index (κ1) is 9.09. The van der Waals surface area contributed by atoms with E-state index in [1.54, 1.807) is 0 Å². The standard InChI is InChI=1S/C11H22/c1-8(2)10(4)11-7-5-6-9(11)3/h8-11H,5-7H2,1-4H3. The third kappa shape index (κ3) is 1.98. The Balaban J connectivity index is 2.45. The van der Waals surface area contributed by atoms with Gasteiger partial charge in [-0.15, -0.1) is 0 Å². The molecule has 0 N–H and O–H groups in total. The molecule has 3 unspecified atom stereocenters. The van der Waals surface area contributed by atoms with E-state index < -0.39 is 0 Å². The fraction of sp³-hybridized carbons (Fsp3) is 1.00. The highest BCUT2D eigenvalue weighted by Crippen LogP contribution is 2.39. The van der Waals surface area contributed by atoms with Crippen molar-refractivity contribution in [3.05, 3.63) is 0 Å². The molecule has 66 valence electrons. The SMILES string of the molecule is CC(C)C(C)C1CCCC1C. The second-order valence-electron chi connectivity index (χ2n) is 4.68. The van der Waals surface area contributed by atoms with Crippen molar-refractivity contribution in [1.82, 2.24) is 0 Å². The normalized spacial score (nSPS) is 34.6. The van der Waals surface area contributed by atoms with Gasteiger partial charge in [0.2, 0.25) is 0 Å². The van der Waals surface area contributed by atoms with Crippen LogP contribution in [0.2, 0.25) is 0 Å². The van der Waals surface area contributed by atoms with Gasteiger partial charge in [-0.1, -0.05) is 40.5 Å². The largest absolute Gasteiger partial charge is 0.0625 e. The Morgan fingerprint density at radius 1 is 1.09 bits per heavy atom. The van der Waals surface area contributed by atoms with Crippen molar-refractivity contribution in [3.63, 3.8) is 0 Å². The lowest BCUT2D eigenvalue weighted by atomic mass is 9.80. The van der Waals surface area contributed by atoms with Gasteiger partial charge in [0.25, 0.3) is 0 Å². The van der Waals surface area contributed by atoms with Crippen LogP contribution in [0.15, 0.2) is 0 Å². The van der Waals surface area contributed by atoms with Gasteiger partial charge >= 0.3 is 0 Å². The lowest BCUT2D eigenvalue weighted by Crippen LogP contribution is -2.19. The van der Waals surface area contributed by atoms with E-state index in [-0.39, 0.29) is 0 Å². The lowest BCUT2D eigenvalue weighted by molar-refractivity contribution is 0.233. The molecule has 0 amide bonds. The zero-order valence-electron chi connectivity index (χ0n) is 8.43. The van der Waals surface area contributed by atoms with Crippen LogP contribution >= 0.6 is 0 Å². The molecule has 11 heavy (non-hydrogen) atoms. The first-order valence-electron chi connectivity index (χ1n) is 5.13. The molecule has 1 aliphatic carbocycles. The Labute approximate surface area is 71.4 Å². The molecule has 0 heterocycles. The van der Waals surface area contributed by atoms with Crippen LogP contribution in [0.3, 0.4) is 0 Å². The van der Waals surface area contributed by atoms with Gasteiger partial charge in [0.05, 0.1) is 0 Å². The molecular weight excluding hydrogens is 132 g/mol. The molecule has 0 heteroatoms. The molecule has 0 radical (unpaired) electrons. The summed E-state index contributed by atoms with van der Waals surface area (Å²) in [6.45, 7) is 9.57. The first-order valence-corrected chi connectivity index (χ1v) is 5.13. The number of hydrogen-bond donors (Lipinski definition) is 0. The van der Waals surface area contributed by atoms with Gasteiger partial charge in [-0.25, -0.2) is 0 Å². The summed E-state index contributed by atoms with van der Waals surface area (Å²) in [4.78, 5) is 0. The van der Waals surface area contributed by atoms with Crippen molar-refractivity contribution in [1.29, 1.82) is 0 Å². The molecule has 0 aliphatic heterocycles. The highest BCUT2D eigenvalue weighted by molar-refractivity contribution is 4.79. The van der Waals surface area contributed by atoms with Crippen LogP contribution in [0.4, 0.5) is 0 Å². The lowest BCUT2D eigenvalue weighted by Gasteiger charge is -2.26. The molecule has 0 bridgehead atoms. The molecule has 0 spiro atoms. The molecule has 0 nitrogen and oxygen atoms in total. The molecule has 0 aromatic rings. The van der Waals surface area contributed by atoms with Crippen molar-refractivity contribution in [2.24, 2.45) is 23.7 Å². The average molecular weight is 154 g/mol. The molecule has 0 saturated heterocycles. The smallest absolute Gasteiger partial charge is 0.0360 e. The summed E-state index contributed by atoms with van der Waals surface area (Å²) in [5.41, 5.74) is 0. The van der Waals surface area contributed by atoms with E-state index in [0.29, 0.717) is 0 Å². The van der Waals surface area contributed by atoms with Crippen molar-refractivity contribution in [2.75, 3.05) is 0 Å². The van der Waals surface area contributed by atoms with E-state index in [9.17, 15) is 0 Å². The second-order valence-corrected chi connectivity index (χ2v) is 4.68. The molecule has 1 fully saturated rings. The summed E-state index contributed by atoms with van der Waals surface area (Å²) >= 11 is 0. The van der Waals surface area contributed by atoms with Crippen LogP contribution in [0.1, 0.15) is 47.0 Å². The highest BCUT2D eigenvalue weighted by Gasteiger charge is 2.29. The van der Waals surface area contributed by atoms with E-state index in [0.717, 1.165) is 23.7 Å². The van der Waals surface area contributed by atoms with Gasteiger partial charge in [0.1, 0.15) is 0 Å². The predicted molar refractivity (Wildman–Crippen MR) is 50.5 cm³/mol. The van der Waals surface area contributed by atoms with Crippen molar-refractivity contribution < 1.29 is 0 Å². The zero-order chi connectivity index (χ0) is 8.43. The third-order valence-electron chi connectivity index (χ3n) is 3.65. The fourth-order valence-corrected chi connectivity index (χ4v) is 2.45. The minimum atomic E-state index is 0.876. The molecular formula is C11H22. The van der Waals surface area contributed by atoms with Crippen LogP contribution in [0, 0.1) is 23.7 Å². The van der Waals surface area contributed by atoms with Gasteiger partial charge in [0.15, 0.2) is 0 Å². The van der Waals surface area contributed by atoms with E-state index in [4.69, 9.17) is 0 Å². The molecule has 3 atom stereocenters. The number of hydrogen-bond acceptors (Lipinski definition) is 0. The van der Waals surface area contributed by atoms with E-state index >= 15 is 0 Å². The maximum Gasteiger partial charge on any atom is -0.0360 e. The molecule has 1 aliphatic rings. The van der Waals surface area contributed by atoms with Crippen LogP contribution in [-0.4, -0.2) is 0 Å². The van der Waals surface area contributed by atoms with E-state index in [1.807, 2.05) is 0 Å². The first-order chi connectivity index (χ1) is 5.13. The van der Waals surface area contributed by atoms with Crippen LogP contribution in [0.25, 0.3) is 0 Å². The summed E-state index contributed by atoms with van der Waals surface area (Å²) in [5.74, 6) is 3.83. The third-order valence-corrected chi connectivity index (χ3v) is 3.65. The summed E-state index contributed by atoms with van der Waals surface area (Å²) in [6.07, 6.45) is 4.44. The van der Waals surface area contributed by atoms with Crippen molar-refractivity contribution in [2.45, 2.75) is 47.0 Å². The molecule has 1 saturated carbocycles. The minimum Gasteiger partial charge on any atom is -0.0625 e. The summed E-state index contributed by atoms with van der Waals surface area (Å²) < 4.78 is 0. The zero-order valence-corrected chi connectivity index (χ0v) is 8.43. The maximum absolute atomic E-state index is 2.43. The quantitative estimate of drug-likeness (QED) is 0.568. The molecule has 0 aromatic heterocycles. The highest BCUT2D eigenvalue weighted by atomic mass is 14.3. The fourth-order valence-electron chi connectivity index (χ4n) is 2.45. The maximum atomic E-state index is 2.43. The van der Waals surface area contributed by atoms with Gasteiger partial charge < -0.3 is 0 Å². The minimum absolute atomic E-state index is 0.876. The second kappa shape index (κ2) is 3.60. The Morgan fingerprint density at radius 3 is 2.09 bits per heavy atom. The van der Waals surface area contributed by atoms with Crippen LogP contribution in [-0.2, 0) is 0 Å². The number of rotatable bonds is 2. The average Bonchev–Trinajstić information content (AvgIpc) is 2.33. The molecule has 0 aromatic carbocycles. The Kier molecular flexibility index (Phi) is 2.98. The summed E-state index contributed by atoms with van der Waals surface area (Å²) in [5, 5.41) is 0. The van der Waals surface area contributed by atoms with Crippen LogP contribution in [0.5, 0.6) is 0 Å². The topological polar surface area (TPSA) is 0 Å². The monoisotopic (exact) mass is 154 g/mol. The van der Waals surface area contributed by atoms with E-state index in [1.165, 1.54) is 19.3 Å². The van der Waals surface area contributed by atoms with Gasteiger partial charge in [-0.3, -0.25) is 0 Å². The van der Waals surface area contributed by atoms with Gasteiger partial charge in [0, 0.05) is 0 Å².